The lowest BCUT2D eigenvalue weighted by Gasteiger charge is -2.07. The Hall–Kier alpha value is -2.64. The summed E-state index contributed by atoms with van der Waals surface area (Å²) in [4.78, 5) is 3.92. The maximum atomic E-state index is 12.6. The van der Waals surface area contributed by atoms with E-state index in [1.807, 2.05) is 13.8 Å². The molecule has 0 aliphatic rings. The number of nitrogens with zero attached hydrogens (tertiary/aromatic N) is 2. The summed E-state index contributed by atoms with van der Waals surface area (Å²) in [6.07, 6.45) is -0.161. The summed E-state index contributed by atoms with van der Waals surface area (Å²) in [5, 5.41) is 0. The molecule has 126 valence electrons. The summed E-state index contributed by atoms with van der Waals surface area (Å²) in [5.41, 5.74) is 11.2. The summed E-state index contributed by atoms with van der Waals surface area (Å²) >= 11 is 0. The molecule has 0 bridgehead atoms. The first kappa shape index (κ1) is 18.4. The molecule has 0 aliphatic heterocycles. The smallest absolute Gasteiger partial charge is 0.416 e. The first-order valence-corrected chi connectivity index (χ1v) is 6.84. The Balaban J connectivity index is 0.00000127. The Bertz CT molecular complexity index is 717. The van der Waals surface area contributed by atoms with Gasteiger partial charge in [0.1, 0.15) is 12.1 Å². The van der Waals surface area contributed by atoms with Crippen molar-refractivity contribution in [2.75, 3.05) is 7.11 Å². The fraction of sp³-hybridized carbons (Fsp3) is 0.267. The highest BCUT2D eigenvalue weighted by Gasteiger charge is 2.30. The van der Waals surface area contributed by atoms with Crippen LogP contribution >= 0.6 is 0 Å². The Morgan fingerprint density at radius 3 is 2.43 bits per heavy atom. The molecular weight excluding hydrogens is 309 g/mol. The molecule has 1 heterocycles. The van der Waals surface area contributed by atoms with Crippen LogP contribution in [-0.4, -0.2) is 16.7 Å². The Morgan fingerprint density at radius 2 is 1.87 bits per heavy atom. The van der Waals surface area contributed by atoms with Gasteiger partial charge in [0.25, 0.3) is 0 Å². The van der Waals surface area contributed by atoms with Crippen LogP contribution in [0, 0.1) is 0 Å². The highest BCUT2D eigenvalue weighted by molar-refractivity contribution is 5.79. The zero-order chi connectivity index (χ0) is 17.6. The minimum atomic E-state index is -4.41. The molecular formula is C15H19F3N4O. The fourth-order valence-corrected chi connectivity index (χ4v) is 1.71. The maximum absolute atomic E-state index is 12.6. The highest BCUT2D eigenvalue weighted by Crippen LogP contribution is 2.31. The number of hydrogen-bond donors (Lipinski definition) is 2. The number of aromatic nitrogens is 2. The number of halogens is 3. The van der Waals surface area contributed by atoms with E-state index < -0.39 is 11.7 Å². The van der Waals surface area contributed by atoms with Gasteiger partial charge in [-0.3, -0.25) is 4.57 Å². The van der Waals surface area contributed by atoms with Crippen LogP contribution in [0.15, 0.2) is 42.6 Å². The van der Waals surface area contributed by atoms with Gasteiger partial charge >= 0.3 is 6.18 Å². The van der Waals surface area contributed by atoms with E-state index in [4.69, 9.17) is 16.2 Å². The predicted molar refractivity (Wildman–Crippen MR) is 83.8 cm³/mol. The van der Waals surface area contributed by atoms with E-state index in [1.54, 1.807) is 0 Å². The molecule has 0 radical (unpaired) electrons. The van der Waals surface area contributed by atoms with Gasteiger partial charge in [-0.15, -0.1) is 0 Å². The molecule has 8 heteroatoms. The van der Waals surface area contributed by atoms with E-state index in [0.717, 1.165) is 12.1 Å². The quantitative estimate of drug-likeness (QED) is 0.669. The van der Waals surface area contributed by atoms with Gasteiger partial charge in [0.15, 0.2) is 5.88 Å². The number of benzene rings is 1. The van der Waals surface area contributed by atoms with Crippen LogP contribution in [0.3, 0.4) is 0 Å². The van der Waals surface area contributed by atoms with Crippen LogP contribution in [0.5, 0.6) is 0 Å². The van der Waals surface area contributed by atoms with E-state index in [-0.39, 0.29) is 17.2 Å². The standard InChI is InChI=1S/C13H13F3N4O.C2H6/c1-21-12(18)5-4-11(17)20-7-19-9-6-8(13(14,15)16)2-3-10(9)20;1-2/h2-7H,17-18H2,1H3;1-2H3/b11-4+,12-5+;. The molecule has 1 aromatic heterocycles. The number of hydrogen-bond acceptors (Lipinski definition) is 4. The number of rotatable bonds is 3. The van der Waals surface area contributed by atoms with Crippen molar-refractivity contribution in [2.45, 2.75) is 20.0 Å². The number of nitrogens with two attached hydrogens (primary N) is 2. The molecule has 0 amide bonds. The second-order valence-corrected chi connectivity index (χ2v) is 4.18. The zero-order valence-electron chi connectivity index (χ0n) is 13.1. The minimum Gasteiger partial charge on any atom is -0.483 e. The van der Waals surface area contributed by atoms with E-state index in [0.29, 0.717) is 5.52 Å². The number of ether oxygens (including phenoxy) is 1. The van der Waals surface area contributed by atoms with E-state index in [9.17, 15) is 13.2 Å². The van der Waals surface area contributed by atoms with Crippen molar-refractivity contribution in [3.63, 3.8) is 0 Å². The van der Waals surface area contributed by atoms with Crippen molar-refractivity contribution in [1.82, 2.24) is 9.55 Å². The maximum Gasteiger partial charge on any atom is 0.416 e. The van der Waals surface area contributed by atoms with Crippen LogP contribution < -0.4 is 11.5 Å². The number of allylic oxidation sites excluding steroid dienone is 2. The van der Waals surface area contributed by atoms with Crippen LogP contribution in [0.4, 0.5) is 13.2 Å². The topological polar surface area (TPSA) is 79.1 Å². The van der Waals surface area contributed by atoms with Gasteiger partial charge in [-0.2, -0.15) is 13.2 Å². The lowest BCUT2D eigenvalue weighted by molar-refractivity contribution is -0.137. The van der Waals surface area contributed by atoms with Gasteiger partial charge in [0, 0.05) is 6.08 Å². The van der Waals surface area contributed by atoms with Crippen molar-refractivity contribution >= 4 is 16.9 Å². The van der Waals surface area contributed by atoms with Crippen LogP contribution in [-0.2, 0) is 10.9 Å². The van der Waals surface area contributed by atoms with Gasteiger partial charge in [0.05, 0.1) is 23.7 Å². The third-order valence-corrected chi connectivity index (χ3v) is 2.81. The van der Waals surface area contributed by atoms with E-state index in [2.05, 4.69) is 4.98 Å². The SMILES string of the molecule is CC.CO/C(N)=C/C=C(\N)n1cnc2cc(C(F)(F)F)ccc21. The highest BCUT2D eigenvalue weighted by atomic mass is 19.4. The van der Waals surface area contributed by atoms with Gasteiger partial charge in [-0.25, -0.2) is 4.98 Å². The van der Waals surface area contributed by atoms with Crippen molar-refractivity contribution in [3.05, 3.63) is 48.1 Å². The van der Waals surface area contributed by atoms with E-state index >= 15 is 0 Å². The summed E-state index contributed by atoms with van der Waals surface area (Å²) in [5.74, 6) is 0.402. The largest absolute Gasteiger partial charge is 0.483 e. The molecule has 0 saturated carbocycles. The average molecular weight is 328 g/mol. The fourth-order valence-electron chi connectivity index (χ4n) is 1.71. The summed E-state index contributed by atoms with van der Waals surface area (Å²) < 4.78 is 44.1. The van der Waals surface area contributed by atoms with Crippen LogP contribution in [0.1, 0.15) is 19.4 Å². The molecule has 2 rings (SSSR count). The molecule has 0 atom stereocenters. The Kier molecular flexibility index (Phi) is 6.06. The van der Waals surface area contributed by atoms with Gasteiger partial charge < -0.3 is 16.2 Å². The third-order valence-electron chi connectivity index (χ3n) is 2.81. The number of fused-ring (bicyclic) bond motifs is 1. The van der Waals surface area contributed by atoms with Crippen LogP contribution in [0.2, 0.25) is 0 Å². The molecule has 5 nitrogen and oxygen atoms in total. The molecule has 0 aliphatic carbocycles. The summed E-state index contributed by atoms with van der Waals surface area (Å²) in [7, 11) is 1.40. The molecule has 23 heavy (non-hydrogen) atoms. The lowest BCUT2D eigenvalue weighted by Crippen LogP contribution is -2.06. The zero-order valence-corrected chi connectivity index (χ0v) is 13.1. The second-order valence-electron chi connectivity index (χ2n) is 4.18. The molecule has 0 spiro atoms. The number of alkyl halides is 3. The molecule has 2 aromatic rings. The predicted octanol–water partition coefficient (Wildman–Crippen LogP) is 3.28. The van der Waals surface area contributed by atoms with Gasteiger partial charge in [-0.1, -0.05) is 13.8 Å². The van der Waals surface area contributed by atoms with Gasteiger partial charge in [-0.05, 0) is 24.3 Å². The number of imidazole rings is 1. The lowest BCUT2D eigenvalue weighted by atomic mass is 10.2. The first-order valence-electron chi connectivity index (χ1n) is 6.84. The number of methoxy groups -OCH3 is 1. The summed E-state index contributed by atoms with van der Waals surface area (Å²) in [6.45, 7) is 4.00. The summed E-state index contributed by atoms with van der Waals surface area (Å²) in [6, 6.07) is 3.26. The minimum absolute atomic E-state index is 0.154. The Morgan fingerprint density at radius 1 is 1.22 bits per heavy atom. The Labute approximate surface area is 132 Å². The molecule has 0 fully saturated rings. The van der Waals surface area contributed by atoms with Crippen molar-refractivity contribution in [3.8, 4) is 0 Å². The van der Waals surface area contributed by atoms with E-state index in [1.165, 1.54) is 36.2 Å². The second kappa shape index (κ2) is 7.57. The molecule has 1 aromatic carbocycles. The normalized spacial score (nSPS) is 12.8. The molecule has 4 N–H and O–H groups in total. The van der Waals surface area contributed by atoms with Crippen molar-refractivity contribution in [1.29, 1.82) is 0 Å². The molecule has 0 saturated heterocycles. The van der Waals surface area contributed by atoms with Crippen molar-refractivity contribution in [2.24, 2.45) is 11.5 Å². The molecule has 0 unspecified atom stereocenters. The first-order chi connectivity index (χ1) is 10.8. The third kappa shape index (κ3) is 4.41. The monoisotopic (exact) mass is 328 g/mol. The average Bonchev–Trinajstić information content (AvgIpc) is 2.96. The van der Waals surface area contributed by atoms with Crippen molar-refractivity contribution < 1.29 is 17.9 Å². The van der Waals surface area contributed by atoms with Crippen LogP contribution in [0.25, 0.3) is 16.9 Å². The van der Waals surface area contributed by atoms with Gasteiger partial charge in [0.2, 0.25) is 0 Å².